The number of benzene rings is 1. The molecule has 0 amide bonds. The number of aryl methyl sites for hydroxylation is 1. The monoisotopic (exact) mass is 247 g/mol. The fourth-order valence-corrected chi connectivity index (χ4v) is 2.77. The Morgan fingerprint density at radius 3 is 2.67 bits per heavy atom. The summed E-state index contributed by atoms with van der Waals surface area (Å²) in [4.78, 5) is 2.46. The third-order valence-corrected chi connectivity index (χ3v) is 4.21. The molecule has 1 N–H and O–H groups in total. The van der Waals surface area contributed by atoms with Crippen LogP contribution in [0.4, 0.5) is 0 Å². The van der Waals surface area contributed by atoms with E-state index >= 15 is 0 Å². The summed E-state index contributed by atoms with van der Waals surface area (Å²) in [6, 6.07) is 6.02. The van der Waals surface area contributed by atoms with Crippen molar-refractivity contribution < 1.29 is 5.11 Å². The predicted molar refractivity (Wildman–Crippen MR) is 75.7 cm³/mol. The standard InChI is InChI=1S/C16H25NO/c1-12-6-5-7-13(15(12)18)10-17-9-8-14(11-17)16(2,3)4/h5-7,14,18H,8-11H2,1-4H3. The van der Waals surface area contributed by atoms with Crippen LogP contribution < -0.4 is 0 Å². The zero-order valence-electron chi connectivity index (χ0n) is 12.0. The van der Waals surface area contributed by atoms with Gasteiger partial charge in [0.05, 0.1) is 0 Å². The minimum absolute atomic E-state index is 0.392. The van der Waals surface area contributed by atoms with Gasteiger partial charge >= 0.3 is 0 Å². The second-order valence-electron chi connectivity index (χ2n) is 6.67. The van der Waals surface area contributed by atoms with Gasteiger partial charge in [-0.05, 0) is 36.8 Å². The van der Waals surface area contributed by atoms with Gasteiger partial charge in [0, 0.05) is 18.7 Å². The molecule has 2 rings (SSSR count). The van der Waals surface area contributed by atoms with E-state index in [0.29, 0.717) is 11.2 Å². The Bertz CT molecular complexity index is 420. The van der Waals surface area contributed by atoms with Crippen molar-refractivity contribution in [3.05, 3.63) is 29.3 Å². The van der Waals surface area contributed by atoms with Crippen LogP contribution in [-0.4, -0.2) is 23.1 Å². The molecule has 1 heterocycles. The average molecular weight is 247 g/mol. The van der Waals surface area contributed by atoms with Crippen LogP contribution in [0.15, 0.2) is 18.2 Å². The van der Waals surface area contributed by atoms with E-state index in [0.717, 1.165) is 36.7 Å². The van der Waals surface area contributed by atoms with Gasteiger partial charge < -0.3 is 5.11 Å². The SMILES string of the molecule is Cc1cccc(CN2CCC(C(C)(C)C)C2)c1O. The summed E-state index contributed by atoms with van der Waals surface area (Å²) < 4.78 is 0. The number of likely N-dealkylation sites (tertiary alicyclic amines) is 1. The molecule has 0 aliphatic carbocycles. The maximum absolute atomic E-state index is 10.1. The number of para-hydroxylation sites is 1. The van der Waals surface area contributed by atoms with E-state index < -0.39 is 0 Å². The zero-order valence-corrected chi connectivity index (χ0v) is 12.0. The first-order chi connectivity index (χ1) is 8.38. The molecule has 0 spiro atoms. The number of phenols is 1. The Balaban J connectivity index is 2.02. The Morgan fingerprint density at radius 1 is 1.33 bits per heavy atom. The summed E-state index contributed by atoms with van der Waals surface area (Å²) in [5.41, 5.74) is 2.42. The van der Waals surface area contributed by atoms with E-state index in [9.17, 15) is 5.11 Å². The number of hydrogen-bond acceptors (Lipinski definition) is 2. The molecule has 18 heavy (non-hydrogen) atoms. The first kappa shape index (κ1) is 13.4. The van der Waals surface area contributed by atoms with Crippen molar-refractivity contribution in [1.29, 1.82) is 0 Å². The fraction of sp³-hybridized carbons (Fsp3) is 0.625. The van der Waals surface area contributed by atoms with Crippen LogP contribution in [0, 0.1) is 18.3 Å². The maximum Gasteiger partial charge on any atom is 0.122 e. The van der Waals surface area contributed by atoms with Crippen LogP contribution in [0.2, 0.25) is 0 Å². The highest BCUT2D eigenvalue weighted by molar-refractivity contribution is 5.39. The topological polar surface area (TPSA) is 23.5 Å². The lowest BCUT2D eigenvalue weighted by atomic mass is 9.80. The molecule has 1 fully saturated rings. The van der Waals surface area contributed by atoms with Crippen LogP contribution in [0.25, 0.3) is 0 Å². The smallest absolute Gasteiger partial charge is 0.122 e. The van der Waals surface area contributed by atoms with Gasteiger partial charge in [0.2, 0.25) is 0 Å². The van der Waals surface area contributed by atoms with Crippen molar-refractivity contribution in [2.75, 3.05) is 13.1 Å². The Hall–Kier alpha value is -1.02. The van der Waals surface area contributed by atoms with Gasteiger partial charge in [-0.25, -0.2) is 0 Å². The molecule has 1 saturated heterocycles. The summed E-state index contributed by atoms with van der Waals surface area (Å²) in [6.07, 6.45) is 1.27. The highest BCUT2D eigenvalue weighted by Gasteiger charge is 2.31. The lowest BCUT2D eigenvalue weighted by Crippen LogP contribution is -2.25. The van der Waals surface area contributed by atoms with Gasteiger partial charge in [0.25, 0.3) is 0 Å². The molecule has 0 radical (unpaired) electrons. The first-order valence-corrected chi connectivity index (χ1v) is 6.88. The summed E-state index contributed by atoms with van der Waals surface area (Å²) in [7, 11) is 0. The van der Waals surface area contributed by atoms with Crippen molar-refractivity contribution in [3.8, 4) is 5.75 Å². The molecule has 1 aromatic rings. The molecule has 0 saturated carbocycles. The lowest BCUT2D eigenvalue weighted by Gasteiger charge is -2.27. The Labute approximate surface area is 111 Å². The molecular weight excluding hydrogens is 222 g/mol. The number of phenolic OH excluding ortho intramolecular Hbond substituents is 1. The lowest BCUT2D eigenvalue weighted by molar-refractivity contribution is 0.225. The van der Waals surface area contributed by atoms with Crippen LogP contribution in [-0.2, 0) is 6.54 Å². The van der Waals surface area contributed by atoms with Crippen LogP contribution in [0.1, 0.15) is 38.3 Å². The molecule has 100 valence electrons. The number of aromatic hydroxyl groups is 1. The minimum atomic E-state index is 0.392. The molecule has 1 aliphatic rings. The summed E-state index contributed by atoms with van der Waals surface area (Å²) in [5.74, 6) is 1.24. The van der Waals surface area contributed by atoms with Gasteiger partial charge in [-0.15, -0.1) is 0 Å². The van der Waals surface area contributed by atoms with Gasteiger partial charge in [0.15, 0.2) is 0 Å². The molecule has 1 atom stereocenters. The Kier molecular flexibility index (Phi) is 3.67. The van der Waals surface area contributed by atoms with Gasteiger partial charge in [-0.2, -0.15) is 0 Å². The van der Waals surface area contributed by atoms with Crippen molar-refractivity contribution in [2.24, 2.45) is 11.3 Å². The normalized spacial score (nSPS) is 21.4. The van der Waals surface area contributed by atoms with E-state index in [2.05, 4.69) is 25.7 Å². The van der Waals surface area contributed by atoms with Gasteiger partial charge in [0.1, 0.15) is 5.75 Å². The van der Waals surface area contributed by atoms with Crippen LogP contribution >= 0.6 is 0 Å². The second kappa shape index (κ2) is 4.93. The van der Waals surface area contributed by atoms with Crippen molar-refractivity contribution >= 4 is 0 Å². The van der Waals surface area contributed by atoms with Crippen LogP contribution in [0.3, 0.4) is 0 Å². The molecule has 2 nitrogen and oxygen atoms in total. The second-order valence-corrected chi connectivity index (χ2v) is 6.67. The fourth-order valence-electron chi connectivity index (χ4n) is 2.77. The molecule has 1 unspecified atom stereocenters. The van der Waals surface area contributed by atoms with Crippen molar-refractivity contribution in [3.63, 3.8) is 0 Å². The summed E-state index contributed by atoms with van der Waals surface area (Å²) in [5, 5.41) is 10.1. The van der Waals surface area contributed by atoms with E-state index in [-0.39, 0.29) is 0 Å². The molecule has 0 aromatic heterocycles. The van der Waals surface area contributed by atoms with E-state index in [1.807, 2.05) is 25.1 Å². The van der Waals surface area contributed by atoms with E-state index in [1.54, 1.807) is 0 Å². The first-order valence-electron chi connectivity index (χ1n) is 6.88. The third-order valence-electron chi connectivity index (χ3n) is 4.21. The molecule has 2 heteroatoms. The molecular formula is C16H25NO. The van der Waals surface area contributed by atoms with Gasteiger partial charge in [-0.1, -0.05) is 39.0 Å². The number of nitrogens with zero attached hydrogens (tertiary/aromatic N) is 1. The zero-order chi connectivity index (χ0) is 13.3. The Morgan fingerprint density at radius 2 is 2.06 bits per heavy atom. The van der Waals surface area contributed by atoms with Crippen molar-refractivity contribution in [1.82, 2.24) is 4.90 Å². The highest BCUT2D eigenvalue weighted by Crippen LogP contribution is 2.34. The average Bonchev–Trinajstić information content (AvgIpc) is 2.73. The van der Waals surface area contributed by atoms with Crippen molar-refractivity contribution in [2.45, 2.75) is 40.7 Å². The minimum Gasteiger partial charge on any atom is -0.507 e. The number of hydrogen-bond donors (Lipinski definition) is 1. The third kappa shape index (κ3) is 2.86. The summed E-state index contributed by atoms with van der Waals surface area (Å²) >= 11 is 0. The molecule has 0 bridgehead atoms. The molecule has 1 aromatic carbocycles. The maximum atomic E-state index is 10.1. The predicted octanol–water partition coefficient (Wildman–Crippen LogP) is 3.57. The highest BCUT2D eigenvalue weighted by atomic mass is 16.3. The van der Waals surface area contributed by atoms with E-state index in [4.69, 9.17) is 0 Å². The quantitative estimate of drug-likeness (QED) is 0.863. The molecule has 1 aliphatic heterocycles. The summed E-state index contributed by atoms with van der Waals surface area (Å²) in [6.45, 7) is 12.1. The largest absolute Gasteiger partial charge is 0.507 e. The van der Waals surface area contributed by atoms with Crippen LogP contribution in [0.5, 0.6) is 5.75 Å². The van der Waals surface area contributed by atoms with Gasteiger partial charge in [-0.3, -0.25) is 4.90 Å². The number of rotatable bonds is 2. The van der Waals surface area contributed by atoms with E-state index in [1.165, 1.54) is 6.42 Å².